The fourth-order valence-corrected chi connectivity index (χ4v) is 11.6. The molecule has 0 N–H and O–H groups in total. The topological polar surface area (TPSA) is 19.6 Å². The molecule has 4 heteroatoms. The quantitative estimate of drug-likeness (QED) is 0.160. The van der Waals surface area contributed by atoms with Gasteiger partial charge in [-0.25, -0.2) is 0 Å². The van der Waals surface area contributed by atoms with Crippen molar-refractivity contribution in [3.05, 3.63) is 210 Å². The Morgan fingerprint density at radius 2 is 0.838 bits per heavy atom. The van der Waals surface area contributed by atoms with E-state index in [1.807, 2.05) is 6.07 Å². The maximum atomic E-state index is 6.58. The maximum absolute atomic E-state index is 6.58. The van der Waals surface area contributed by atoms with Crippen LogP contribution < -0.4 is 26.2 Å². The van der Waals surface area contributed by atoms with Crippen LogP contribution in [0.15, 0.2) is 192 Å². The van der Waals surface area contributed by atoms with E-state index in [2.05, 4.69) is 275 Å². The Morgan fingerprint density at radius 3 is 1.46 bits per heavy atom. The highest BCUT2D eigenvalue weighted by Crippen LogP contribution is 2.50. The average Bonchev–Trinajstić information content (AvgIpc) is 3.81. The monoisotopic (exact) mass is 963 g/mol. The summed E-state index contributed by atoms with van der Waals surface area (Å²) in [6, 6.07) is 71.1. The number of fused-ring (bicyclic) bond motifs is 7. The minimum absolute atomic E-state index is 0.0261. The summed E-state index contributed by atoms with van der Waals surface area (Å²) in [6.45, 7) is 27.9. The van der Waals surface area contributed by atoms with Crippen LogP contribution in [0, 0.1) is 0 Å². The first-order valence-electron chi connectivity index (χ1n) is 26.6. The van der Waals surface area contributed by atoms with Gasteiger partial charge in [-0.3, -0.25) is 0 Å². The first kappa shape index (κ1) is 47.4. The molecule has 0 atom stereocenters. The predicted molar refractivity (Wildman–Crippen MR) is 319 cm³/mol. The Morgan fingerprint density at radius 1 is 0.338 bits per heavy atom. The SMILES string of the molecule is CC(C)(C)c1ccc(-c2ccc(N3c4ccc(C(C)(C)C)cc4B4c5cc(C(C)(C)C)ccc5N(c5ccc(-c6cccc7c6oc6ccccc67)cc5)c5cc(C(C)(C)C)cc3c54)c(-c3ccccc3)c2)cc1. The van der Waals surface area contributed by atoms with Gasteiger partial charge in [-0.2, -0.15) is 0 Å². The van der Waals surface area contributed by atoms with Crippen molar-refractivity contribution in [2.24, 2.45) is 0 Å². The van der Waals surface area contributed by atoms with Crippen molar-refractivity contribution in [2.45, 2.75) is 105 Å². The Balaban J connectivity index is 1.13. The first-order valence-corrected chi connectivity index (χ1v) is 26.6. The normalized spacial score (nSPS) is 13.6. The summed E-state index contributed by atoms with van der Waals surface area (Å²) in [6.07, 6.45) is 0. The minimum atomic E-state index is -0.161. The number of nitrogens with zero attached hydrogens (tertiary/aromatic N) is 2. The fraction of sp³-hybridized carbons (Fsp3) is 0.229. The van der Waals surface area contributed by atoms with E-state index in [1.165, 1.54) is 83.6 Å². The van der Waals surface area contributed by atoms with Crippen molar-refractivity contribution in [2.75, 3.05) is 9.80 Å². The molecule has 366 valence electrons. The van der Waals surface area contributed by atoms with Crippen LogP contribution in [0.2, 0.25) is 0 Å². The molecule has 12 rings (SSSR count). The Hall–Kier alpha value is -7.56. The van der Waals surface area contributed by atoms with Gasteiger partial charge in [0.2, 0.25) is 0 Å². The lowest BCUT2D eigenvalue weighted by Gasteiger charge is -2.46. The van der Waals surface area contributed by atoms with E-state index in [9.17, 15) is 0 Å². The van der Waals surface area contributed by atoms with Crippen LogP contribution in [0.4, 0.5) is 34.1 Å². The second-order valence-corrected chi connectivity index (χ2v) is 25.1. The maximum Gasteiger partial charge on any atom is 0.252 e. The number of furan rings is 1. The predicted octanol–water partition coefficient (Wildman–Crippen LogP) is 17.9. The van der Waals surface area contributed by atoms with Gasteiger partial charge in [0.15, 0.2) is 0 Å². The second kappa shape index (κ2) is 17.0. The molecular weight excluding hydrogens is 896 g/mol. The summed E-state index contributed by atoms with van der Waals surface area (Å²) in [4.78, 5) is 5.19. The van der Waals surface area contributed by atoms with Crippen LogP contribution in [0.5, 0.6) is 0 Å². The van der Waals surface area contributed by atoms with Crippen LogP contribution in [0.1, 0.15) is 105 Å². The van der Waals surface area contributed by atoms with Crippen molar-refractivity contribution in [3.63, 3.8) is 0 Å². The molecule has 3 heterocycles. The summed E-state index contributed by atoms with van der Waals surface area (Å²) < 4.78 is 6.58. The largest absolute Gasteiger partial charge is 0.455 e. The molecule has 0 radical (unpaired) electrons. The van der Waals surface area contributed by atoms with Crippen molar-refractivity contribution in [3.8, 4) is 33.4 Å². The second-order valence-electron chi connectivity index (χ2n) is 25.1. The molecule has 2 aliphatic heterocycles. The van der Waals surface area contributed by atoms with E-state index in [-0.39, 0.29) is 28.4 Å². The zero-order valence-electron chi connectivity index (χ0n) is 45.3. The van der Waals surface area contributed by atoms with Crippen LogP contribution in [0.25, 0.3) is 55.3 Å². The molecule has 0 aliphatic carbocycles. The summed E-state index contributed by atoms with van der Waals surface area (Å²) in [5.74, 6) is 0. The highest BCUT2D eigenvalue weighted by molar-refractivity contribution is 7.00. The molecule has 74 heavy (non-hydrogen) atoms. The molecule has 0 amide bonds. The standard InChI is InChI=1S/C70H67BN2O/c1-67(2,3)48-30-25-44(26-31-48)47-29-36-59(56(39-47)45-19-14-13-15-20-45)73-61-38-33-50(69(7,8)9)41-58(61)71-57-40-49(68(4,5)6)32-37-60(57)72(62-42-51(70(10,11)12)43-63(73)65(62)71)52-34-27-46(28-35-52)53-22-18-23-55-54-21-16-17-24-64(54)74-66(53)55/h13-43H,1-12H3. The van der Waals surface area contributed by atoms with Crippen LogP contribution >= 0.6 is 0 Å². The van der Waals surface area contributed by atoms with Crippen LogP contribution in [0.3, 0.4) is 0 Å². The summed E-state index contributed by atoms with van der Waals surface area (Å²) in [7, 11) is 0. The van der Waals surface area contributed by atoms with E-state index < -0.39 is 0 Å². The van der Waals surface area contributed by atoms with Gasteiger partial charge >= 0.3 is 0 Å². The van der Waals surface area contributed by atoms with E-state index in [4.69, 9.17) is 4.42 Å². The van der Waals surface area contributed by atoms with Gasteiger partial charge in [0, 0.05) is 50.3 Å². The van der Waals surface area contributed by atoms with Gasteiger partial charge < -0.3 is 14.2 Å². The number of para-hydroxylation sites is 2. The molecule has 0 spiro atoms. The van der Waals surface area contributed by atoms with Crippen molar-refractivity contribution < 1.29 is 4.42 Å². The molecule has 0 saturated carbocycles. The third kappa shape index (κ3) is 7.97. The third-order valence-electron chi connectivity index (χ3n) is 15.9. The lowest BCUT2D eigenvalue weighted by Crippen LogP contribution is -2.61. The highest BCUT2D eigenvalue weighted by atomic mass is 16.3. The molecule has 0 bridgehead atoms. The van der Waals surface area contributed by atoms with Crippen molar-refractivity contribution in [1.82, 2.24) is 0 Å². The first-order chi connectivity index (χ1) is 35.2. The summed E-state index contributed by atoms with van der Waals surface area (Å²) in [5.41, 5.74) is 25.0. The van der Waals surface area contributed by atoms with Crippen molar-refractivity contribution >= 4 is 79.2 Å². The average molecular weight is 963 g/mol. The summed E-state index contributed by atoms with van der Waals surface area (Å²) >= 11 is 0. The minimum Gasteiger partial charge on any atom is -0.455 e. The molecule has 0 fully saturated rings. The van der Waals surface area contributed by atoms with Crippen LogP contribution in [-0.2, 0) is 21.7 Å². The van der Waals surface area contributed by atoms with Gasteiger partial charge in [-0.1, -0.05) is 217 Å². The number of anilines is 6. The molecule has 2 aliphatic rings. The number of benzene rings is 9. The molecule has 0 unspecified atom stereocenters. The highest BCUT2D eigenvalue weighted by Gasteiger charge is 2.45. The molecule has 0 saturated heterocycles. The van der Waals surface area contributed by atoms with Crippen molar-refractivity contribution in [1.29, 1.82) is 0 Å². The number of hydrogen-bond donors (Lipinski definition) is 0. The van der Waals surface area contributed by atoms with Gasteiger partial charge in [0.05, 0.1) is 5.69 Å². The van der Waals surface area contributed by atoms with E-state index in [1.54, 1.807) is 0 Å². The number of hydrogen-bond acceptors (Lipinski definition) is 3. The van der Waals surface area contributed by atoms with Gasteiger partial charge in [0.25, 0.3) is 6.71 Å². The molecule has 10 aromatic rings. The fourth-order valence-electron chi connectivity index (χ4n) is 11.6. The smallest absolute Gasteiger partial charge is 0.252 e. The van der Waals surface area contributed by atoms with E-state index in [0.717, 1.165) is 44.4 Å². The van der Waals surface area contributed by atoms with Gasteiger partial charge in [-0.05, 0) is 137 Å². The Kier molecular flexibility index (Phi) is 10.9. The molecule has 9 aromatic carbocycles. The third-order valence-corrected chi connectivity index (χ3v) is 15.9. The van der Waals surface area contributed by atoms with Crippen LogP contribution in [-0.4, -0.2) is 6.71 Å². The Bertz CT molecular complexity index is 3810. The van der Waals surface area contributed by atoms with E-state index in [0.29, 0.717) is 0 Å². The van der Waals surface area contributed by atoms with Gasteiger partial charge in [0.1, 0.15) is 11.2 Å². The zero-order chi connectivity index (χ0) is 51.6. The zero-order valence-corrected chi connectivity index (χ0v) is 45.3. The van der Waals surface area contributed by atoms with Gasteiger partial charge in [-0.15, -0.1) is 0 Å². The summed E-state index contributed by atoms with van der Waals surface area (Å²) in [5, 5.41) is 2.28. The Labute approximate surface area is 439 Å². The molecule has 3 nitrogen and oxygen atoms in total. The molecular formula is C70H67BN2O. The molecule has 1 aromatic heterocycles. The number of rotatable bonds is 5. The lowest BCUT2D eigenvalue weighted by molar-refractivity contribution is 0.590. The van der Waals surface area contributed by atoms with E-state index >= 15 is 0 Å². The lowest BCUT2D eigenvalue weighted by atomic mass is 9.33.